The van der Waals surface area contributed by atoms with Crippen LogP contribution in [0.25, 0.3) is 0 Å². The molecule has 0 spiro atoms. The molecule has 4 heavy (non-hydrogen) atoms. The average molecular weight is 176 g/mol. The van der Waals surface area contributed by atoms with Gasteiger partial charge < -0.3 is 0 Å². The number of halogens is 2. The molecule has 0 aromatic rings. The Kier molecular flexibility index (Phi) is 2.25. The maximum atomic E-state index is 11.2. The van der Waals surface area contributed by atoms with Crippen molar-refractivity contribution in [2.45, 2.75) is 0 Å². The minimum absolute atomic E-state index is 1.66. The van der Waals surface area contributed by atoms with Crippen molar-refractivity contribution in [2.24, 2.45) is 0 Å². The first kappa shape index (κ1) is 4.66. The zero-order valence-corrected chi connectivity index (χ0v) is 4.91. The van der Waals surface area contributed by atoms with Crippen LogP contribution in [0.15, 0.2) is 0 Å². The Hall–Kier alpha value is 0.660. The fourth-order valence-electron chi connectivity index (χ4n) is 0. The van der Waals surface area contributed by atoms with Gasteiger partial charge in [0.2, 0.25) is 0 Å². The van der Waals surface area contributed by atoms with Crippen LogP contribution in [0.5, 0.6) is 0 Å². The van der Waals surface area contributed by atoms with E-state index < -0.39 is 20.4 Å². The third kappa shape index (κ3) is 16.8. The van der Waals surface area contributed by atoms with Gasteiger partial charge in [-0.3, -0.25) is 0 Å². The summed E-state index contributed by atoms with van der Waals surface area (Å²) in [6, 6.07) is 0. The molecule has 0 saturated carbocycles. The molecule has 0 heterocycles. The van der Waals surface area contributed by atoms with E-state index in [4.69, 9.17) is 0 Å². The first-order chi connectivity index (χ1) is 1.73. The molecule has 0 bridgehead atoms. The first-order valence-electron chi connectivity index (χ1n) is 0.899. The predicted molar refractivity (Wildman–Crippen MR) is 27.0 cm³/mol. The predicted octanol–water partition coefficient (Wildman–Crippen LogP) is 1.64. The molecule has 28 valence electrons. The molecule has 0 aliphatic carbocycles. The number of alkyl halides is 2. The van der Waals surface area contributed by atoms with E-state index in [0.717, 1.165) is 0 Å². The molecule has 0 N–H and O–H groups in total. The van der Waals surface area contributed by atoms with Gasteiger partial charge in [-0.1, -0.05) is 0 Å². The molecular formula is C2H6FI. The molecule has 0 nitrogen and oxygen atoms in total. The van der Waals surface area contributed by atoms with E-state index in [2.05, 4.69) is 0 Å². The normalized spacial score (nSPS) is 11.2. The molecule has 0 saturated heterocycles. The van der Waals surface area contributed by atoms with Crippen molar-refractivity contribution in [3.8, 4) is 0 Å². The monoisotopic (exact) mass is 176 g/mol. The molecule has 0 aliphatic rings. The van der Waals surface area contributed by atoms with E-state index in [-0.39, 0.29) is 0 Å². The molecule has 0 amide bonds. The Bertz CT molecular complexity index is 10.8. The van der Waals surface area contributed by atoms with Crippen LogP contribution in [0.1, 0.15) is 0 Å². The molecule has 0 fully saturated rings. The van der Waals surface area contributed by atoms with E-state index in [0.29, 0.717) is 0 Å². The van der Waals surface area contributed by atoms with Gasteiger partial charge in [-0.05, 0) is 0 Å². The maximum absolute atomic E-state index is 11.2. The fourth-order valence-corrected chi connectivity index (χ4v) is 0. The Balaban J connectivity index is 2.32. The summed E-state index contributed by atoms with van der Waals surface area (Å²) in [6.45, 7) is 0. The molecule has 0 rings (SSSR count). The average Bonchev–Trinajstić information content (AvgIpc) is 0.811. The molecule has 0 aromatic heterocycles. The molecule has 2 heteroatoms. The van der Waals surface area contributed by atoms with Gasteiger partial charge in [0.1, 0.15) is 0 Å². The Labute approximate surface area is 33.6 Å². The van der Waals surface area contributed by atoms with Gasteiger partial charge in [-0.15, -0.1) is 0 Å². The summed E-state index contributed by atoms with van der Waals surface area (Å²) in [5.74, 6) is 0. The molecule has 0 atom stereocenters. The van der Waals surface area contributed by atoms with E-state index in [1.807, 2.05) is 0 Å². The van der Waals surface area contributed by atoms with E-state index in [1.165, 1.54) is 0 Å². The third-order valence-corrected chi connectivity index (χ3v) is 0. The van der Waals surface area contributed by atoms with Crippen molar-refractivity contribution in [1.29, 1.82) is 0 Å². The van der Waals surface area contributed by atoms with Gasteiger partial charge in [-0.2, -0.15) is 0 Å². The van der Waals surface area contributed by atoms with Crippen LogP contribution in [-0.4, -0.2) is 9.86 Å². The van der Waals surface area contributed by atoms with E-state index in [1.54, 1.807) is 9.86 Å². The summed E-state index contributed by atoms with van der Waals surface area (Å²) in [4.78, 5) is 3.31. The zero-order valence-electron chi connectivity index (χ0n) is 2.76. The topological polar surface area (TPSA) is 0 Å². The van der Waals surface area contributed by atoms with Gasteiger partial charge >= 0.3 is 33.1 Å². The van der Waals surface area contributed by atoms with Crippen molar-refractivity contribution in [2.75, 3.05) is 9.86 Å². The van der Waals surface area contributed by atoms with Crippen molar-refractivity contribution < 1.29 is 2.86 Å². The third-order valence-electron chi connectivity index (χ3n) is 0. The summed E-state index contributed by atoms with van der Waals surface area (Å²) in [6.07, 6.45) is 0. The van der Waals surface area contributed by atoms with Crippen molar-refractivity contribution in [1.82, 2.24) is 0 Å². The summed E-state index contributed by atoms with van der Waals surface area (Å²) in [5.41, 5.74) is 0. The van der Waals surface area contributed by atoms with Crippen molar-refractivity contribution >= 4 is 20.4 Å². The second-order valence-corrected chi connectivity index (χ2v) is 4.45. The Morgan fingerprint density at radius 1 is 1.50 bits per heavy atom. The summed E-state index contributed by atoms with van der Waals surface area (Å²) in [7, 11) is 0. The van der Waals surface area contributed by atoms with Gasteiger partial charge in [0.15, 0.2) is 0 Å². The van der Waals surface area contributed by atoms with Gasteiger partial charge in [-0.25, -0.2) is 0 Å². The standard InChI is InChI=1S/C2H6FI/c1-4(2)3/h1-2H3. The van der Waals surface area contributed by atoms with Crippen LogP contribution >= 0.6 is 20.4 Å². The van der Waals surface area contributed by atoms with Crippen LogP contribution in [-0.2, 0) is 0 Å². The number of hydrogen-bond acceptors (Lipinski definition) is 0. The Morgan fingerprint density at radius 2 is 1.50 bits per heavy atom. The minimum atomic E-state index is -1.76. The fraction of sp³-hybridized carbons (Fsp3) is 1.00. The second kappa shape index (κ2) is 1.93. The van der Waals surface area contributed by atoms with Gasteiger partial charge in [0, 0.05) is 0 Å². The molecule has 0 radical (unpaired) electrons. The summed E-state index contributed by atoms with van der Waals surface area (Å²) < 4.78 is 11.2. The van der Waals surface area contributed by atoms with Crippen LogP contribution in [0, 0.1) is 0 Å². The van der Waals surface area contributed by atoms with E-state index >= 15 is 0 Å². The number of rotatable bonds is 0. The van der Waals surface area contributed by atoms with Crippen LogP contribution in [0.4, 0.5) is 2.86 Å². The Morgan fingerprint density at radius 3 is 1.50 bits per heavy atom. The van der Waals surface area contributed by atoms with Gasteiger partial charge in [0.05, 0.1) is 0 Å². The first-order valence-corrected chi connectivity index (χ1v) is 6.03. The summed E-state index contributed by atoms with van der Waals surface area (Å²) >= 11 is -1.76. The SMILES string of the molecule is CI(C)F. The van der Waals surface area contributed by atoms with E-state index in [9.17, 15) is 2.86 Å². The van der Waals surface area contributed by atoms with Crippen molar-refractivity contribution in [3.05, 3.63) is 0 Å². The molecule has 0 aliphatic heterocycles. The van der Waals surface area contributed by atoms with Crippen LogP contribution < -0.4 is 0 Å². The van der Waals surface area contributed by atoms with Crippen LogP contribution in [0.2, 0.25) is 0 Å². The summed E-state index contributed by atoms with van der Waals surface area (Å²) in [5, 5.41) is 0. The molecular weight excluding hydrogens is 170 g/mol. The van der Waals surface area contributed by atoms with Gasteiger partial charge in [0.25, 0.3) is 0 Å². The molecule has 0 unspecified atom stereocenters. The number of hydrogen-bond donors (Lipinski definition) is 0. The second-order valence-electron chi connectivity index (χ2n) is 0.664. The zero-order chi connectivity index (χ0) is 3.58. The van der Waals surface area contributed by atoms with Crippen molar-refractivity contribution in [3.63, 3.8) is 0 Å². The molecule has 0 aromatic carbocycles. The van der Waals surface area contributed by atoms with Crippen LogP contribution in [0.3, 0.4) is 0 Å². The quantitative estimate of drug-likeness (QED) is 0.388.